The molecule has 1 heterocycles. The number of hydrogen-bond donors (Lipinski definition) is 1. The van der Waals surface area contributed by atoms with Gasteiger partial charge < -0.3 is 5.73 Å². The molecule has 0 fully saturated rings. The number of aromatic nitrogens is 1. The molecule has 100 valence electrons. The highest BCUT2D eigenvalue weighted by Gasteiger charge is 2.39. The maximum Gasteiger partial charge on any atom is 0.435 e. The predicted molar refractivity (Wildman–Crippen MR) is 61.4 cm³/mol. The number of nitrogens with zero attached hydrogens (tertiary/aromatic N) is 1. The first-order chi connectivity index (χ1) is 8.79. The van der Waals surface area contributed by atoms with Gasteiger partial charge in [0.1, 0.15) is 10.7 Å². The molecule has 1 aromatic carbocycles. The van der Waals surface area contributed by atoms with Gasteiger partial charge in [-0.1, -0.05) is 23.5 Å². The molecule has 0 amide bonds. The summed E-state index contributed by atoms with van der Waals surface area (Å²) in [6.45, 7) is 0. The largest absolute Gasteiger partial charge is 0.435 e. The molecule has 2 N–H and O–H groups in total. The lowest BCUT2D eigenvalue weighted by Gasteiger charge is -2.05. The first-order valence-corrected chi connectivity index (χ1v) is 5.74. The molecule has 0 aliphatic rings. The van der Waals surface area contributed by atoms with Crippen LogP contribution in [0.3, 0.4) is 0 Å². The Morgan fingerprint density at radius 2 is 2.00 bits per heavy atom. The minimum Gasteiger partial charge on any atom is -0.375 e. The molecule has 0 bridgehead atoms. The Bertz CT molecular complexity index is 636. The van der Waals surface area contributed by atoms with Crippen molar-refractivity contribution in [2.24, 2.45) is 0 Å². The van der Waals surface area contributed by atoms with Gasteiger partial charge in [-0.15, -0.1) is 0 Å². The van der Waals surface area contributed by atoms with Gasteiger partial charge in [-0.3, -0.25) is 4.79 Å². The fraction of sp³-hybridized carbons (Fsp3) is 0.0909. The van der Waals surface area contributed by atoms with Crippen LogP contribution in [0, 0.1) is 5.82 Å². The molecule has 0 aliphatic heterocycles. The second-order valence-corrected chi connectivity index (χ2v) is 4.60. The van der Waals surface area contributed by atoms with Crippen LogP contribution in [0.1, 0.15) is 20.9 Å². The summed E-state index contributed by atoms with van der Waals surface area (Å²) in [4.78, 5) is 14.4. The van der Waals surface area contributed by atoms with Gasteiger partial charge in [0.25, 0.3) is 0 Å². The first-order valence-electron chi connectivity index (χ1n) is 4.93. The van der Waals surface area contributed by atoms with E-state index in [0.717, 1.165) is 12.1 Å². The Morgan fingerprint density at radius 1 is 1.32 bits per heavy atom. The fourth-order valence-corrected chi connectivity index (χ4v) is 2.26. The number of carbonyl (C=O) groups excluding carboxylic acids is 1. The second kappa shape index (κ2) is 4.61. The van der Waals surface area contributed by atoms with Gasteiger partial charge in [-0.05, 0) is 12.1 Å². The average molecular weight is 290 g/mol. The third kappa shape index (κ3) is 2.73. The number of halogens is 4. The summed E-state index contributed by atoms with van der Waals surface area (Å²) in [7, 11) is 0. The van der Waals surface area contributed by atoms with Crippen molar-refractivity contribution in [2.75, 3.05) is 5.73 Å². The molecule has 0 spiro atoms. The van der Waals surface area contributed by atoms with E-state index >= 15 is 0 Å². The number of nitrogen functional groups attached to an aromatic ring is 1. The minimum absolute atomic E-state index is 0.186. The van der Waals surface area contributed by atoms with E-state index in [4.69, 9.17) is 5.73 Å². The topological polar surface area (TPSA) is 56.0 Å². The summed E-state index contributed by atoms with van der Waals surface area (Å²) < 4.78 is 51.0. The average Bonchev–Trinajstić information content (AvgIpc) is 2.70. The Kier molecular flexibility index (Phi) is 3.27. The number of benzene rings is 1. The molecule has 0 saturated heterocycles. The lowest BCUT2D eigenvalue weighted by molar-refractivity contribution is -0.140. The third-order valence-electron chi connectivity index (χ3n) is 2.21. The molecule has 2 aromatic rings. The van der Waals surface area contributed by atoms with Crippen LogP contribution in [0.25, 0.3) is 0 Å². The summed E-state index contributed by atoms with van der Waals surface area (Å²) >= 11 is 0.425. The van der Waals surface area contributed by atoms with Crippen molar-refractivity contribution in [2.45, 2.75) is 6.18 Å². The molecule has 0 aliphatic carbocycles. The normalized spacial score (nSPS) is 11.6. The van der Waals surface area contributed by atoms with Crippen LogP contribution < -0.4 is 5.73 Å². The lowest BCUT2D eigenvalue weighted by Crippen LogP contribution is -2.12. The molecule has 1 aromatic heterocycles. The maximum absolute atomic E-state index is 13.0. The summed E-state index contributed by atoms with van der Waals surface area (Å²) in [6.07, 6.45) is -4.79. The summed E-state index contributed by atoms with van der Waals surface area (Å²) in [5, 5.41) is -0.368. The molecule has 0 radical (unpaired) electrons. The molecule has 0 atom stereocenters. The van der Waals surface area contributed by atoms with Crippen molar-refractivity contribution < 1.29 is 22.4 Å². The summed E-state index contributed by atoms with van der Waals surface area (Å²) in [5.41, 5.74) is 3.67. The van der Waals surface area contributed by atoms with E-state index < -0.39 is 28.3 Å². The number of hydrogen-bond acceptors (Lipinski definition) is 4. The molecule has 0 saturated carbocycles. The number of alkyl halides is 3. The van der Waals surface area contributed by atoms with Crippen LogP contribution in [0.2, 0.25) is 0 Å². The highest BCUT2D eigenvalue weighted by Crippen LogP contribution is 2.36. The zero-order valence-electron chi connectivity index (χ0n) is 9.16. The number of ketones is 1. The Labute approximate surface area is 108 Å². The van der Waals surface area contributed by atoms with E-state index in [-0.39, 0.29) is 10.7 Å². The van der Waals surface area contributed by atoms with E-state index in [9.17, 15) is 22.4 Å². The highest BCUT2D eigenvalue weighted by atomic mass is 32.1. The molecule has 2 rings (SSSR count). The number of rotatable bonds is 2. The molecule has 3 nitrogen and oxygen atoms in total. The van der Waals surface area contributed by atoms with Crippen LogP contribution in [-0.2, 0) is 6.18 Å². The van der Waals surface area contributed by atoms with E-state index in [1.165, 1.54) is 12.1 Å². The molecule has 8 heteroatoms. The number of thiazole rings is 1. The zero-order valence-corrected chi connectivity index (χ0v) is 9.98. The Morgan fingerprint density at radius 3 is 2.58 bits per heavy atom. The number of carbonyl (C=O) groups is 1. The smallest absolute Gasteiger partial charge is 0.375 e. The van der Waals surface area contributed by atoms with Gasteiger partial charge in [0.15, 0.2) is 10.8 Å². The SMILES string of the molecule is Nc1nc(C(F)(F)F)c(C(=O)c2cccc(F)c2)s1. The van der Waals surface area contributed by atoms with Crippen LogP contribution in [0.15, 0.2) is 24.3 Å². The minimum atomic E-state index is -4.79. The van der Waals surface area contributed by atoms with Crippen molar-refractivity contribution in [3.63, 3.8) is 0 Å². The van der Waals surface area contributed by atoms with Gasteiger partial charge in [0, 0.05) is 5.56 Å². The van der Waals surface area contributed by atoms with Crippen LogP contribution in [0.5, 0.6) is 0 Å². The summed E-state index contributed by atoms with van der Waals surface area (Å²) in [5.74, 6) is -1.67. The van der Waals surface area contributed by atoms with Gasteiger partial charge in [-0.2, -0.15) is 13.2 Å². The Hall–Kier alpha value is -1.96. The van der Waals surface area contributed by atoms with E-state index in [1.807, 2.05) is 0 Å². The lowest BCUT2D eigenvalue weighted by atomic mass is 10.1. The standard InChI is InChI=1S/C11H6F4N2OS/c12-6-3-1-2-5(4-6)7(18)8-9(11(13,14)15)17-10(16)19-8/h1-4H,(H2,16,17). The van der Waals surface area contributed by atoms with Crippen molar-refractivity contribution in [3.05, 3.63) is 46.2 Å². The van der Waals surface area contributed by atoms with Gasteiger partial charge in [0.2, 0.25) is 5.78 Å². The monoisotopic (exact) mass is 290 g/mol. The van der Waals surface area contributed by atoms with Crippen LogP contribution in [0.4, 0.5) is 22.7 Å². The molecule has 19 heavy (non-hydrogen) atoms. The quantitative estimate of drug-likeness (QED) is 0.683. The van der Waals surface area contributed by atoms with Crippen LogP contribution >= 0.6 is 11.3 Å². The van der Waals surface area contributed by atoms with E-state index in [1.54, 1.807) is 0 Å². The van der Waals surface area contributed by atoms with Gasteiger partial charge in [-0.25, -0.2) is 9.37 Å². The molecular weight excluding hydrogens is 284 g/mol. The molecule has 0 unspecified atom stereocenters. The van der Waals surface area contributed by atoms with Gasteiger partial charge >= 0.3 is 6.18 Å². The van der Waals surface area contributed by atoms with Crippen molar-refractivity contribution in [3.8, 4) is 0 Å². The highest BCUT2D eigenvalue weighted by molar-refractivity contribution is 7.17. The van der Waals surface area contributed by atoms with Crippen molar-refractivity contribution in [1.82, 2.24) is 4.98 Å². The van der Waals surface area contributed by atoms with E-state index in [0.29, 0.717) is 11.3 Å². The van der Waals surface area contributed by atoms with Crippen molar-refractivity contribution >= 4 is 22.3 Å². The predicted octanol–water partition coefficient (Wildman–Crippen LogP) is 3.11. The maximum atomic E-state index is 13.0. The summed E-state index contributed by atoms with van der Waals surface area (Å²) in [6, 6.07) is 4.41. The fourth-order valence-electron chi connectivity index (χ4n) is 1.44. The number of anilines is 1. The Balaban J connectivity index is 2.51. The third-order valence-corrected chi connectivity index (χ3v) is 3.09. The van der Waals surface area contributed by atoms with E-state index in [2.05, 4.69) is 4.98 Å². The zero-order chi connectivity index (χ0) is 14.2. The van der Waals surface area contributed by atoms with Crippen molar-refractivity contribution in [1.29, 1.82) is 0 Å². The van der Waals surface area contributed by atoms with Gasteiger partial charge in [0.05, 0.1) is 0 Å². The number of nitrogens with two attached hydrogens (primary N) is 1. The second-order valence-electron chi connectivity index (χ2n) is 3.57. The van der Waals surface area contributed by atoms with Crippen LogP contribution in [-0.4, -0.2) is 10.8 Å². The first kappa shape index (κ1) is 13.5. The molecular formula is C11H6F4N2OS.